The molecular weight excluding hydrogens is 747 g/mol. The maximum absolute atomic E-state index is 2.39. The van der Waals surface area contributed by atoms with Gasteiger partial charge < -0.3 is 24.8 Å². The molecule has 0 heterocycles. The van der Waals surface area contributed by atoms with Gasteiger partial charge in [0.05, 0.1) is 0 Å². The van der Waals surface area contributed by atoms with Gasteiger partial charge in [0.15, 0.2) is 0 Å². The maximum atomic E-state index is 2.39. The van der Waals surface area contributed by atoms with Crippen LogP contribution in [0.3, 0.4) is 0 Å². The van der Waals surface area contributed by atoms with Gasteiger partial charge in [0.2, 0.25) is 0 Å². The number of halogens is 2. The van der Waals surface area contributed by atoms with Crippen LogP contribution in [0.1, 0.15) is 11.1 Å². The Bertz CT molecular complexity index is 2110. The van der Waals surface area contributed by atoms with Crippen LogP contribution in [0.25, 0.3) is 65.3 Å². The number of hydrogen-bond acceptors (Lipinski definition) is 0. The molecule has 0 N–H and O–H groups in total. The van der Waals surface area contributed by atoms with Crippen molar-refractivity contribution in [3.63, 3.8) is 0 Å². The van der Waals surface area contributed by atoms with Crippen LogP contribution < -0.4 is 24.8 Å². The van der Waals surface area contributed by atoms with E-state index in [4.69, 9.17) is 0 Å². The first-order valence-electron chi connectivity index (χ1n) is 16.2. The normalized spacial score (nSPS) is 10.7. The van der Waals surface area contributed by atoms with Gasteiger partial charge in [-0.3, -0.25) is 0 Å². The molecule has 8 aromatic carbocycles. The van der Waals surface area contributed by atoms with Crippen molar-refractivity contribution in [2.75, 3.05) is 0 Å². The van der Waals surface area contributed by atoms with E-state index in [2.05, 4.69) is 186 Å². The Labute approximate surface area is 327 Å². The SMILES string of the molecule is C[Si][Si](C)(C)C.Cc1[cH-]c2ccccc2c1-c1cccc2ccccc12.Cc1[cH-]c2ccccc2c1-c1cccc2ccccc12.[Cl-].[Cl-].[Zr+4]. The van der Waals surface area contributed by atoms with E-state index in [1.54, 1.807) is 0 Å². The van der Waals surface area contributed by atoms with Gasteiger partial charge in [0, 0.05) is 16.6 Å². The van der Waals surface area contributed by atoms with Gasteiger partial charge in [-0.25, -0.2) is 0 Å². The molecule has 0 saturated carbocycles. The van der Waals surface area contributed by atoms with Crippen molar-refractivity contribution < 1.29 is 51.0 Å². The molecule has 0 aliphatic rings. The molecule has 0 bridgehead atoms. The largest absolute Gasteiger partial charge is 4.00 e. The molecule has 8 aromatic rings. The zero-order valence-corrected chi connectivity index (χ0v) is 35.1. The van der Waals surface area contributed by atoms with E-state index >= 15 is 0 Å². The Morgan fingerprint density at radius 1 is 0.449 bits per heavy atom. The molecular formula is C44H42Cl2Si2Zr. The molecule has 5 heteroatoms. The standard InChI is InChI=1S/2C20H15.C4H12Si2.2ClH.Zr/c2*1-14-13-16-8-3-5-11-18(16)20(14)19-12-6-9-15-7-2-4-10-17(15)19;1-5-6(2,3)4;;;/h2*2-13H,1H3;1-4H3;2*1H;/q2*-1;;;;+4/p-2. The Morgan fingerprint density at radius 3 is 1.12 bits per heavy atom. The summed E-state index contributed by atoms with van der Waals surface area (Å²) in [7, 11) is 0.603. The van der Waals surface area contributed by atoms with Crippen molar-refractivity contribution in [3.8, 4) is 22.3 Å². The van der Waals surface area contributed by atoms with Crippen molar-refractivity contribution in [1.29, 1.82) is 0 Å². The molecule has 8 rings (SSSR count). The minimum Gasteiger partial charge on any atom is -1.00 e. The molecule has 0 amide bonds. The number of benzene rings is 6. The summed E-state index contributed by atoms with van der Waals surface area (Å²) in [4.78, 5) is 0. The van der Waals surface area contributed by atoms with Gasteiger partial charge in [0.25, 0.3) is 0 Å². The fourth-order valence-electron chi connectivity index (χ4n) is 6.34. The van der Waals surface area contributed by atoms with E-state index in [9.17, 15) is 0 Å². The summed E-state index contributed by atoms with van der Waals surface area (Å²) in [6, 6.07) is 52.2. The zero-order chi connectivity index (χ0) is 32.3. The van der Waals surface area contributed by atoms with E-state index in [0.29, 0.717) is 0 Å². The Balaban J connectivity index is 0.000000217. The van der Waals surface area contributed by atoms with Crippen LogP contribution in [-0.2, 0) is 26.2 Å². The first-order valence-corrected chi connectivity index (χ1v) is 22.2. The molecule has 0 nitrogen and oxygen atoms in total. The summed E-state index contributed by atoms with van der Waals surface area (Å²) in [5.41, 5.74) is 8.11. The predicted molar refractivity (Wildman–Crippen MR) is 209 cm³/mol. The minimum atomic E-state index is -0.603. The van der Waals surface area contributed by atoms with Crippen LogP contribution in [0.4, 0.5) is 0 Å². The summed E-state index contributed by atoms with van der Waals surface area (Å²) in [6.45, 7) is 13.9. The monoisotopic (exact) mass is 786 g/mol. The smallest absolute Gasteiger partial charge is 1.00 e. The Morgan fingerprint density at radius 2 is 0.755 bits per heavy atom. The number of hydrogen-bond donors (Lipinski definition) is 0. The van der Waals surface area contributed by atoms with E-state index in [1.807, 2.05) is 0 Å². The molecule has 0 aliphatic carbocycles. The zero-order valence-electron chi connectivity index (χ0n) is 29.1. The molecule has 49 heavy (non-hydrogen) atoms. The second-order valence-electron chi connectivity index (χ2n) is 13.1. The van der Waals surface area contributed by atoms with E-state index in [0.717, 1.165) is 0 Å². The summed E-state index contributed by atoms with van der Waals surface area (Å²) in [5.74, 6) is 0. The summed E-state index contributed by atoms with van der Waals surface area (Å²) in [5, 5.41) is 10.6. The van der Waals surface area contributed by atoms with Crippen LogP contribution in [0.2, 0.25) is 26.2 Å². The molecule has 0 unspecified atom stereocenters. The Kier molecular flexibility index (Phi) is 14.6. The molecule has 0 fully saturated rings. The molecule has 0 aliphatic heterocycles. The number of aryl methyl sites for hydroxylation is 2. The average molecular weight is 789 g/mol. The fourth-order valence-corrected chi connectivity index (χ4v) is 6.34. The van der Waals surface area contributed by atoms with Crippen molar-refractivity contribution in [2.24, 2.45) is 0 Å². The summed E-state index contributed by atoms with van der Waals surface area (Å²) < 4.78 is 0. The van der Waals surface area contributed by atoms with E-state index < -0.39 is 7.59 Å². The molecule has 0 spiro atoms. The van der Waals surface area contributed by atoms with E-state index in [1.165, 1.54) is 85.5 Å². The van der Waals surface area contributed by atoms with Gasteiger partial charge in [-0.05, 0) is 21.5 Å². The van der Waals surface area contributed by atoms with Gasteiger partial charge in [0.1, 0.15) is 0 Å². The van der Waals surface area contributed by atoms with Crippen molar-refractivity contribution >= 4 is 59.7 Å². The molecule has 0 saturated heterocycles. The first-order chi connectivity index (χ1) is 22.2. The third-order valence-corrected chi connectivity index (χ3v) is 14.9. The maximum Gasteiger partial charge on any atom is 4.00 e. The molecule has 0 aromatic heterocycles. The second kappa shape index (κ2) is 17.7. The number of rotatable bonds is 3. The Hall–Kier alpha value is -3.04. The van der Waals surface area contributed by atoms with Crippen molar-refractivity contribution in [1.82, 2.24) is 0 Å². The van der Waals surface area contributed by atoms with Gasteiger partial charge in [-0.1, -0.05) is 148 Å². The second-order valence-corrected chi connectivity index (χ2v) is 24.1. The number of fused-ring (bicyclic) bond motifs is 4. The van der Waals surface area contributed by atoms with Crippen LogP contribution in [0.15, 0.2) is 146 Å². The molecule has 2 radical (unpaired) electrons. The van der Waals surface area contributed by atoms with E-state index in [-0.39, 0.29) is 51.0 Å². The fraction of sp³-hybridized carbons (Fsp3) is 0.136. The third kappa shape index (κ3) is 9.01. The van der Waals surface area contributed by atoms with Crippen LogP contribution in [0.5, 0.6) is 0 Å². The van der Waals surface area contributed by atoms with Crippen molar-refractivity contribution in [2.45, 2.75) is 40.0 Å². The quantitative estimate of drug-likeness (QED) is 0.134. The topological polar surface area (TPSA) is 0 Å². The third-order valence-electron chi connectivity index (χ3n) is 8.86. The summed E-state index contributed by atoms with van der Waals surface area (Å²) in [6.07, 6.45) is 0. The van der Waals surface area contributed by atoms with Crippen LogP contribution in [0, 0.1) is 13.8 Å². The van der Waals surface area contributed by atoms with Gasteiger partial charge in [-0.15, -0.1) is 92.3 Å². The predicted octanol–water partition coefficient (Wildman–Crippen LogP) is 6.95. The van der Waals surface area contributed by atoms with Gasteiger partial charge >= 0.3 is 26.2 Å². The van der Waals surface area contributed by atoms with Gasteiger partial charge in [-0.2, -0.15) is 0 Å². The van der Waals surface area contributed by atoms with Crippen molar-refractivity contribution in [3.05, 3.63) is 157 Å². The minimum absolute atomic E-state index is 0. The average Bonchev–Trinajstić information content (AvgIpc) is 3.59. The molecule has 244 valence electrons. The molecule has 0 atom stereocenters. The van der Waals surface area contributed by atoms with Crippen LogP contribution in [-0.4, -0.2) is 16.6 Å². The van der Waals surface area contributed by atoms with Crippen LogP contribution >= 0.6 is 0 Å². The first kappa shape index (κ1) is 40.4. The summed E-state index contributed by atoms with van der Waals surface area (Å²) >= 11 is 0.